The van der Waals surface area contributed by atoms with E-state index in [4.69, 9.17) is 4.98 Å². The maximum atomic E-state index is 13.3. The van der Waals surface area contributed by atoms with E-state index in [0.717, 1.165) is 49.9 Å². The first kappa shape index (κ1) is 21.9. The molecule has 1 saturated carbocycles. The number of thiophene rings is 2. The van der Waals surface area contributed by atoms with Gasteiger partial charge in [0.25, 0.3) is 5.91 Å². The Bertz CT molecular complexity index is 1330. The standard InChI is InChI=1S/C22H26N4O3S3/c1-12-11-17(15(4)30-12)32(28,29)26-9-7-25(8-10-26)22(27)19-13(2)18-14(3)23-20(16-5-6-16)24-21(18)31-19/h11,16H,5-10H2,1-4H3. The smallest absolute Gasteiger partial charge is 0.264 e. The highest BCUT2D eigenvalue weighted by molar-refractivity contribution is 7.89. The summed E-state index contributed by atoms with van der Waals surface area (Å²) in [6.07, 6.45) is 2.28. The largest absolute Gasteiger partial charge is 0.335 e. The predicted octanol–water partition coefficient (Wildman–Crippen LogP) is 4.01. The molecule has 0 unspecified atom stereocenters. The summed E-state index contributed by atoms with van der Waals surface area (Å²) in [4.78, 5) is 28.3. The summed E-state index contributed by atoms with van der Waals surface area (Å²) < 4.78 is 27.7. The van der Waals surface area contributed by atoms with Gasteiger partial charge in [-0.3, -0.25) is 4.79 Å². The second-order valence-electron chi connectivity index (χ2n) is 8.65. The molecule has 0 spiro atoms. The van der Waals surface area contributed by atoms with Crippen molar-refractivity contribution in [3.8, 4) is 0 Å². The average Bonchev–Trinajstić information content (AvgIpc) is 3.47. The number of hydrogen-bond acceptors (Lipinski definition) is 7. The Balaban J connectivity index is 1.35. The number of rotatable bonds is 4. The summed E-state index contributed by atoms with van der Waals surface area (Å²) in [5.74, 6) is 1.32. The molecule has 1 aliphatic heterocycles. The third-order valence-corrected chi connectivity index (χ3v) is 10.6. The van der Waals surface area contributed by atoms with Crippen LogP contribution in [0.2, 0.25) is 0 Å². The van der Waals surface area contributed by atoms with Crippen molar-refractivity contribution in [2.75, 3.05) is 26.2 Å². The molecule has 32 heavy (non-hydrogen) atoms. The number of sulfonamides is 1. The molecular formula is C22H26N4O3S3. The van der Waals surface area contributed by atoms with Crippen molar-refractivity contribution < 1.29 is 13.2 Å². The quantitative estimate of drug-likeness (QED) is 0.552. The molecule has 0 radical (unpaired) electrons. The van der Waals surface area contributed by atoms with Gasteiger partial charge in [0.15, 0.2) is 0 Å². The Kier molecular flexibility index (Phi) is 5.39. The minimum Gasteiger partial charge on any atom is -0.335 e. The molecule has 0 bridgehead atoms. The number of carbonyl (C=O) groups excluding carboxylic acids is 1. The van der Waals surface area contributed by atoms with E-state index in [1.54, 1.807) is 11.0 Å². The van der Waals surface area contributed by atoms with Crippen LogP contribution in [0.15, 0.2) is 11.0 Å². The van der Waals surface area contributed by atoms with Crippen LogP contribution in [0.25, 0.3) is 10.2 Å². The van der Waals surface area contributed by atoms with E-state index in [-0.39, 0.29) is 5.91 Å². The maximum Gasteiger partial charge on any atom is 0.264 e. The zero-order valence-corrected chi connectivity index (χ0v) is 21.1. The van der Waals surface area contributed by atoms with Crippen LogP contribution in [0.4, 0.5) is 0 Å². The number of aromatic nitrogens is 2. The highest BCUT2D eigenvalue weighted by Crippen LogP contribution is 2.40. The Hall–Kier alpha value is -1.88. The van der Waals surface area contributed by atoms with Crippen LogP contribution in [0.3, 0.4) is 0 Å². The monoisotopic (exact) mass is 490 g/mol. The molecule has 7 nitrogen and oxygen atoms in total. The molecule has 10 heteroatoms. The molecule has 2 fully saturated rings. The zero-order chi connectivity index (χ0) is 22.8. The van der Waals surface area contributed by atoms with Crippen LogP contribution in [0.5, 0.6) is 0 Å². The van der Waals surface area contributed by atoms with E-state index in [1.807, 2.05) is 27.7 Å². The van der Waals surface area contributed by atoms with Crippen molar-refractivity contribution in [1.82, 2.24) is 19.2 Å². The van der Waals surface area contributed by atoms with Crippen LogP contribution in [-0.4, -0.2) is 59.7 Å². The number of carbonyl (C=O) groups is 1. The summed E-state index contributed by atoms with van der Waals surface area (Å²) in [6, 6.07) is 1.74. The van der Waals surface area contributed by atoms with Gasteiger partial charge in [0, 0.05) is 47.2 Å². The van der Waals surface area contributed by atoms with E-state index in [2.05, 4.69) is 4.98 Å². The second-order valence-corrected chi connectivity index (χ2v) is 13.0. The number of hydrogen-bond donors (Lipinski definition) is 0. The van der Waals surface area contributed by atoms with E-state index in [0.29, 0.717) is 41.9 Å². The van der Waals surface area contributed by atoms with Crippen molar-refractivity contribution in [2.24, 2.45) is 0 Å². The summed E-state index contributed by atoms with van der Waals surface area (Å²) >= 11 is 2.93. The maximum absolute atomic E-state index is 13.3. The van der Waals surface area contributed by atoms with Gasteiger partial charge in [-0.05, 0) is 52.2 Å². The van der Waals surface area contributed by atoms with Crippen LogP contribution in [0.1, 0.15) is 55.3 Å². The van der Waals surface area contributed by atoms with Gasteiger partial charge < -0.3 is 4.90 Å². The molecule has 3 aromatic heterocycles. The zero-order valence-electron chi connectivity index (χ0n) is 18.6. The molecule has 0 aromatic carbocycles. The summed E-state index contributed by atoms with van der Waals surface area (Å²) in [5.41, 5.74) is 1.86. The van der Waals surface area contributed by atoms with Crippen molar-refractivity contribution in [2.45, 2.75) is 51.3 Å². The van der Waals surface area contributed by atoms with Crippen LogP contribution in [-0.2, 0) is 10.0 Å². The van der Waals surface area contributed by atoms with Gasteiger partial charge in [-0.15, -0.1) is 22.7 Å². The fraction of sp³-hybridized carbons (Fsp3) is 0.500. The Morgan fingerprint density at radius 2 is 1.72 bits per heavy atom. The van der Waals surface area contributed by atoms with Crippen LogP contribution >= 0.6 is 22.7 Å². The van der Waals surface area contributed by atoms with Gasteiger partial charge in [-0.25, -0.2) is 18.4 Å². The fourth-order valence-corrected chi connectivity index (χ4v) is 8.52. The molecule has 0 atom stereocenters. The van der Waals surface area contributed by atoms with Gasteiger partial charge in [0.05, 0.1) is 15.5 Å². The molecular weight excluding hydrogens is 464 g/mol. The molecule has 1 amide bonds. The minimum absolute atomic E-state index is 0.0440. The topological polar surface area (TPSA) is 83.5 Å². The van der Waals surface area contributed by atoms with Gasteiger partial charge >= 0.3 is 0 Å². The van der Waals surface area contributed by atoms with Gasteiger partial charge in [-0.2, -0.15) is 4.31 Å². The molecule has 2 aliphatic rings. The molecule has 5 rings (SSSR count). The van der Waals surface area contributed by atoms with E-state index >= 15 is 0 Å². The van der Waals surface area contributed by atoms with Gasteiger partial charge in [-0.1, -0.05) is 0 Å². The second kappa shape index (κ2) is 7.86. The first-order chi connectivity index (χ1) is 15.2. The summed E-state index contributed by atoms with van der Waals surface area (Å²) in [7, 11) is -3.54. The highest BCUT2D eigenvalue weighted by Gasteiger charge is 2.34. The van der Waals surface area contributed by atoms with Gasteiger partial charge in [0.1, 0.15) is 10.7 Å². The van der Waals surface area contributed by atoms with E-state index < -0.39 is 10.0 Å². The number of piperazine rings is 1. The number of aryl methyl sites for hydroxylation is 4. The SMILES string of the molecule is Cc1cc(S(=O)(=O)N2CCN(C(=O)c3sc4nc(C5CC5)nc(C)c4c3C)CC2)c(C)s1. The van der Waals surface area contributed by atoms with Crippen LogP contribution in [0, 0.1) is 27.7 Å². The van der Waals surface area contributed by atoms with Gasteiger partial charge in [0.2, 0.25) is 10.0 Å². The Morgan fingerprint density at radius 3 is 2.31 bits per heavy atom. The number of amides is 1. The lowest BCUT2D eigenvalue weighted by Crippen LogP contribution is -2.50. The Labute approximate surface area is 196 Å². The lowest BCUT2D eigenvalue weighted by Gasteiger charge is -2.33. The van der Waals surface area contributed by atoms with Crippen molar-refractivity contribution >= 4 is 48.8 Å². The first-order valence-corrected chi connectivity index (χ1v) is 13.9. The van der Waals surface area contributed by atoms with Crippen molar-refractivity contribution in [3.05, 3.63) is 37.8 Å². The molecule has 1 saturated heterocycles. The lowest BCUT2D eigenvalue weighted by molar-refractivity contribution is 0.0702. The summed E-state index contributed by atoms with van der Waals surface area (Å²) in [6.45, 7) is 9.07. The fourth-order valence-electron chi connectivity index (χ4n) is 4.37. The van der Waals surface area contributed by atoms with E-state index in [1.165, 1.54) is 27.0 Å². The normalized spacial score (nSPS) is 17.9. The first-order valence-electron chi connectivity index (χ1n) is 10.8. The molecule has 0 N–H and O–H groups in total. The summed E-state index contributed by atoms with van der Waals surface area (Å²) in [5, 5.41) is 0.979. The molecule has 170 valence electrons. The number of fused-ring (bicyclic) bond motifs is 1. The highest BCUT2D eigenvalue weighted by atomic mass is 32.2. The number of nitrogens with zero attached hydrogens (tertiary/aromatic N) is 4. The molecule has 3 aromatic rings. The Morgan fingerprint density at radius 1 is 1.03 bits per heavy atom. The predicted molar refractivity (Wildman–Crippen MR) is 127 cm³/mol. The van der Waals surface area contributed by atoms with Crippen molar-refractivity contribution in [1.29, 1.82) is 0 Å². The van der Waals surface area contributed by atoms with E-state index in [9.17, 15) is 13.2 Å². The third-order valence-electron chi connectivity index (χ3n) is 6.26. The average molecular weight is 491 g/mol. The van der Waals surface area contributed by atoms with Crippen molar-refractivity contribution in [3.63, 3.8) is 0 Å². The lowest BCUT2D eigenvalue weighted by atomic mass is 10.1. The van der Waals surface area contributed by atoms with Crippen LogP contribution < -0.4 is 0 Å². The molecule has 4 heterocycles. The minimum atomic E-state index is -3.54. The molecule has 1 aliphatic carbocycles. The third kappa shape index (κ3) is 3.67.